The van der Waals surface area contributed by atoms with Gasteiger partial charge in [-0.05, 0) is 86.9 Å². The number of aryl methyl sites for hydroxylation is 2. The number of pyridine rings is 1. The summed E-state index contributed by atoms with van der Waals surface area (Å²) >= 11 is 0. The zero-order chi connectivity index (χ0) is 34.8. The van der Waals surface area contributed by atoms with Gasteiger partial charge < -0.3 is 9.47 Å². The molecular formula is C44H50N4O2. The van der Waals surface area contributed by atoms with Gasteiger partial charge in [-0.2, -0.15) is 5.10 Å². The molecule has 1 aliphatic carbocycles. The van der Waals surface area contributed by atoms with Crippen molar-refractivity contribution < 1.29 is 9.47 Å². The molecule has 0 aliphatic heterocycles. The van der Waals surface area contributed by atoms with E-state index in [1.807, 2.05) is 12.1 Å². The lowest BCUT2D eigenvalue weighted by atomic mass is 9.74. The molecule has 3 heterocycles. The van der Waals surface area contributed by atoms with Crippen molar-refractivity contribution >= 4 is 21.8 Å². The number of aromatic nitrogens is 4. The van der Waals surface area contributed by atoms with E-state index in [9.17, 15) is 0 Å². The van der Waals surface area contributed by atoms with Crippen LogP contribution in [0.5, 0.6) is 17.2 Å². The minimum absolute atomic E-state index is 0.424. The molecule has 0 N–H and O–H groups in total. The quantitative estimate of drug-likeness (QED) is 0.122. The van der Waals surface area contributed by atoms with Crippen molar-refractivity contribution in [3.63, 3.8) is 0 Å². The monoisotopic (exact) mass is 666 g/mol. The molecule has 0 spiro atoms. The normalized spacial score (nSPS) is 16.2. The van der Waals surface area contributed by atoms with E-state index in [4.69, 9.17) is 19.6 Å². The molecule has 0 radical (unpaired) electrons. The second-order valence-corrected chi connectivity index (χ2v) is 14.0. The molecule has 7 rings (SSSR count). The fourth-order valence-electron chi connectivity index (χ4n) is 8.12. The average molecular weight is 667 g/mol. The SMILES string of the molecule is CCCc1cc(Oc2ccc3c4ccccc4n(-c4cc(OC)ccn4)c3c2)cc(-n2nc(CCC)c(C3C(C)=CCC[C@@H]3C)c2CCC)c1. The highest BCUT2D eigenvalue weighted by molar-refractivity contribution is 6.09. The van der Waals surface area contributed by atoms with Crippen LogP contribution in [0.25, 0.3) is 33.3 Å². The Hall–Kier alpha value is -4.84. The number of ether oxygens (including phenoxy) is 2. The minimum Gasteiger partial charge on any atom is -0.497 e. The maximum Gasteiger partial charge on any atom is 0.141 e. The molecule has 1 unspecified atom stereocenters. The van der Waals surface area contributed by atoms with Gasteiger partial charge in [0.2, 0.25) is 0 Å². The minimum atomic E-state index is 0.424. The molecule has 1 aliphatic rings. The lowest BCUT2D eigenvalue weighted by Gasteiger charge is -2.30. The molecule has 50 heavy (non-hydrogen) atoms. The molecular weight excluding hydrogens is 617 g/mol. The van der Waals surface area contributed by atoms with E-state index in [2.05, 4.69) is 111 Å². The van der Waals surface area contributed by atoms with Gasteiger partial charge in [0.1, 0.15) is 23.1 Å². The molecule has 0 bridgehead atoms. The first-order valence-corrected chi connectivity index (χ1v) is 18.6. The van der Waals surface area contributed by atoms with Crippen LogP contribution >= 0.6 is 0 Å². The Morgan fingerprint density at radius 2 is 1.60 bits per heavy atom. The second-order valence-electron chi connectivity index (χ2n) is 14.0. The van der Waals surface area contributed by atoms with Crippen LogP contribution in [-0.2, 0) is 19.3 Å². The first kappa shape index (κ1) is 33.6. The van der Waals surface area contributed by atoms with Gasteiger partial charge in [0.25, 0.3) is 0 Å². The summed E-state index contributed by atoms with van der Waals surface area (Å²) in [5.41, 5.74) is 10.1. The Bertz CT molecular complexity index is 2170. The molecule has 0 fully saturated rings. The summed E-state index contributed by atoms with van der Waals surface area (Å²) in [6, 6.07) is 25.4. The molecule has 6 nitrogen and oxygen atoms in total. The van der Waals surface area contributed by atoms with E-state index < -0.39 is 0 Å². The lowest BCUT2D eigenvalue weighted by Crippen LogP contribution is -2.18. The van der Waals surface area contributed by atoms with Gasteiger partial charge in [-0.1, -0.05) is 76.8 Å². The van der Waals surface area contributed by atoms with Crippen LogP contribution in [0.15, 0.2) is 90.6 Å². The average Bonchev–Trinajstić information content (AvgIpc) is 3.63. The Labute approximate surface area is 296 Å². The standard InChI is InChI=1S/C44H50N4O2/c1-7-13-31-24-32(48-40(15-9-3)44(38(46-48)14-8-2)43-29(4)16-12-17-30(43)5)26-35(25-31)50-34-20-21-37-36-18-10-11-19-39(36)47(41(37)27-34)42-28-33(49-6)22-23-45-42/h10-11,16,18-28,30,43H,7-9,12-15,17H2,1-6H3/t30-,43?/m0/s1. The van der Waals surface area contributed by atoms with E-state index in [0.29, 0.717) is 11.8 Å². The maximum atomic E-state index is 6.79. The number of fused-ring (bicyclic) bond motifs is 3. The van der Waals surface area contributed by atoms with E-state index in [1.54, 1.807) is 13.3 Å². The van der Waals surface area contributed by atoms with E-state index in [1.165, 1.54) is 46.3 Å². The molecule has 3 aromatic heterocycles. The lowest BCUT2D eigenvalue weighted by molar-refractivity contribution is 0.414. The number of hydrogen-bond donors (Lipinski definition) is 0. The largest absolute Gasteiger partial charge is 0.497 e. The second kappa shape index (κ2) is 14.6. The first-order valence-electron chi connectivity index (χ1n) is 18.6. The van der Waals surface area contributed by atoms with Gasteiger partial charge in [0.15, 0.2) is 0 Å². The Morgan fingerprint density at radius 3 is 2.38 bits per heavy atom. The van der Waals surface area contributed by atoms with E-state index in [0.717, 1.165) is 83.7 Å². The summed E-state index contributed by atoms with van der Waals surface area (Å²) in [5.74, 6) is 4.20. The van der Waals surface area contributed by atoms with Crippen molar-refractivity contribution in [1.29, 1.82) is 0 Å². The summed E-state index contributed by atoms with van der Waals surface area (Å²) in [7, 11) is 1.69. The topological polar surface area (TPSA) is 54.1 Å². The third kappa shape index (κ3) is 6.32. The summed E-state index contributed by atoms with van der Waals surface area (Å²) < 4.78 is 16.8. The van der Waals surface area contributed by atoms with Crippen LogP contribution in [-0.4, -0.2) is 26.4 Å². The Balaban J connectivity index is 1.35. The van der Waals surface area contributed by atoms with E-state index >= 15 is 0 Å². The molecule has 0 amide bonds. The van der Waals surface area contributed by atoms with Crippen molar-refractivity contribution in [2.45, 2.75) is 91.9 Å². The zero-order valence-electron chi connectivity index (χ0n) is 30.5. The van der Waals surface area contributed by atoms with Gasteiger partial charge in [-0.25, -0.2) is 9.67 Å². The highest BCUT2D eigenvalue weighted by Gasteiger charge is 2.31. The molecule has 0 saturated heterocycles. The van der Waals surface area contributed by atoms with Crippen molar-refractivity contribution in [3.05, 3.63) is 113 Å². The smallest absolute Gasteiger partial charge is 0.141 e. The molecule has 3 aromatic carbocycles. The number of nitrogens with zero attached hydrogens (tertiary/aromatic N) is 4. The molecule has 258 valence electrons. The number of methoxy groups -OCH3 is 1. The number of allylic oxidation sites excluding steroid dienone is 2. The van der Waals surface area contributed by atoms with Gasteiger partial charge in [-0.15, -0.1) is 0 Å². The first-order chi connectivity index (χ1) is 24.4. The van der Waals surface area contributed by atoms with Crippen LogP contribution in [0.1, 0.15) is 95.2 Å². The van der Waals surface area contributed by atoms with Gasteiger partial charge >= 0.3 is 0 Å². The zero-order valence-corrected chi connectivity index (χ0v) is 30.5. The highest BCUT2D eigenvalue weighted by Crippen LogP contribution is 2.43. The predicted octanol–water partition coefficient (Wildman–Crippen LogP) is 11.5. The number of benzene rings is 3. The predicted molar refractivity (Wildman–Crippen MR) is 206 cm³/mol. The van der Waals surface area contributed by atoms with Crippen LogP contribution in [0.2, 0.25) is 0 Å². The number of rotatable bonds is 12. The third-order valence-corrected chi connectivity index (χ3v) is 10.3. The van der Waals surface area contributed by atoms with Gasteiger partial charge in [0, 0.05) is 52.3 Å². The van der Waals surface area contributed by atoms with Crippen LogP contribution in [0.4, 0.5) is 0 Å². The summed E-state index contributed by atoms with van der Waals surface area (Å²) in [4.78, 5) is 4.74. The molecule has 6 aromatic rings. The molecule has 0 saturated carbocycles. The Kier molecular flexibility index (Phi) is 9.80. The van der Waals surface area contributed by atoms with Crippen LogP contribution in [0.3, 0.4) is 0 Å². The number of hydrogen-bond acceptors (Lipinski definition) is 4. The van der Waals surface area contributed by atoms with Crippen LogP contribution < -0.4 is 9.47 Å². The highest BCUT2D eigenvalue weighted by atomic mass is 16.5. The Morgan fingerprint density at radius 1 is 0.800 bits per heavy atom. The summed E-state index contributed by atoms with van der Waals surface area (Å²) in [5, 5.41) is 7.74. The molecule has 6 heteroatoms. The van der Waals surface area contributed by atoms with Crippen molar-refractivity contribution in [1.82, 2.24) is 19.3 Å². The summed E-state index contributed by atoms with van der Waals surface area (Å²) in [6.45, 7) is 11.5. The fraction of sp³-hybridized carbons (Fsp3) is 0.364. The fourth-order valence-corrected chi connectivity index (χ4v) is 8.12. The number of para-hydroxylation sites is 1. The van der Waals surface area contributed by atoms with Gasteiger partial charge in [0.05, 0.1) is 29.5 Å². The maximum absolute atomic E-state index is 6.79. The van der Waals surface area contributed by atoms with E-state index in [-0.39, 0.29) is 0 Å². The van der Waals surface area contributed by atoms with Crippen molar-refractivity contribution in [2.24, 2.45) is 5.92 Å². The van der Waals surface area contributed by atoms with Crippen molar-refractivity contribution in [2.75, 3.05) is 7.11 Å². The van der Waals surface area contributed by atoms with Gasteiger partial charge in [-0.3, -0.25) is 4.57 Å². The third-order valence-electron chi connectivity index (χ3n) is 10.3. The molecule has 2 atom stereocenters. The van der Waals surface area contributed by atoms with Crippen molar-refractivity contribution in [3.8, 4) is 28.8 Å². The van der Waals surface area contributed by atoms with Crippen LogP contribution in [0, 0.1) is 5.92 Å². The summed E-state index contributed by atoms with van der Waals surface area (Å²) in [6.07, 6.45) is 12.8.